The Balaban J connectivity index is 1.94. The third-order valence-electron chi connectivity index (χ3n) is 4.29. The number of hydrogen-bond donors (Lipinski definition) is 1. The zero-order valence-corrected chi connectivity index (χ0v) is 12.6. The summed E-state index contributed by atoms with van der Waals surface area (Å²) in [5.41, 5.74) is 4.82. The van der Waals surface area contributed by atoms with Crippen molar-refractivity contribution in [2.75, 3.05) is 5.32 Å². The lowest BCUT2D eigenvalue weighted by Crippen LogP contribution is -2.09. The SMILES string of the molecule is Cc1cn(C2CCCC2)c(Nc2c(C)cccc2C)n1. The third kappa shape index (κ3) is 2.45. The molecule has 1 aliphatic rings. The minimum atomic E-state index is 0.614. The second-order valence-electron chi connectivity index (χ2n) is 5.94. The number of imidazole rings is 1. The van der Waals surface area contributed by atoms with Crippen molar-refractivity contribution in [2.24, 2.45) is 0 Å². The topological polar surface area (TPSA) is 29.9 Å². The Hall–Kier alpha value is -1.77. The fraction of sp³-hybridized carbons (Fsp3) is 0.471. The van der Waals surface area contributed by atoms with Crippen LogP contribution in [-0.2, 0) is 0 Å². The Morgan fingerprint density at radius 1 is 1.10 bits per heavy atom. The number of aromatic nitrogens is 2. The van der Waals surface area contributed by atoms with Gasteiger partial charge >= 0.3 is 0 Å². The first-order valence-electron chi connectivity index (χ1n) is 7.54. The van der Waals surface area contributed by atoms with E-state index in [0.717, 1.165) is 11.6 Å². The zero-order chi connectivity index (χ0) is 14.1. The number of benzene rings is 1. The van der Waals surface area contributed by atoms with Gasteiger partial charge in [-0.25, -0.2) is 4.98 Å². The van der Waals surface area contributed by atoms with Crippen LogP contribution in [-0.4, -0.2) is 9.55 Å². The van der Waals surface area contributed by atoms with E-state index in [2.05, 4.69) is 60.0 Å². The summed E-state index contributed by atoms with van der Waals surface area (Å²) in [7, 11) is 0. The predicted molar refractivity (Wildman–Crippen MR) is 83.7 cm³/mol. The molecule has 0 atom stereocenters. The summed E-state index contributed by atoms with van der Waals surface area (Å²) < 4.78 is 2.34. The summed E-state index contributed by atoms with van der Waals surface area (Å²) in [4.78, 5) is 4.68. The number of anilines is 2. The van der Waals surface area contributed by atoms with Crippen LogP contribution < -0.4 is 5.32 Å². The Morgan fingerprint density at radius 2 is 1.75 bits per heavy atom. The summed E-state index contributed by atoms with van der Waals surface area (Å²) >= 11 is 0. The lowest BCUT2D eigenvalue weighted by atomic mass is 10.1. The van der Waals surface area contributed by atoms with Gasteiger partial charge in [-0.1, -0.05) is 31.0 Å². The van der Waals surface area contributed by atoms with Gasteiger partial charge in [-0.3, -0.25) is 0 Å². The Labute approximate surface area is 121 Å². The van der Waals surface area contributed by atoms with E-state index in [9.17, 15) is 0 Å². The highest BCUT2D eigenvalue weighted by molar-refractivity contribution is 5.63. The molecular weight excluding hydrogens is 246 g/mol. The molecule has 2 aromatic rings. The maximum absolute atomic E-state index is 4.68. The van der Waals surface area contributed by atoms with Crippen molar-refractivity contribution in [3.63, 3.8) is 0 Å². The van der Waals surface area contributed by atoms with Crippen LogP contribution in [0.4, 0.5) is 11.6 Å². The van der Waals surface area contributed by atoms with Crippen molar-refractivity contribution in [1.82, 2.24) is 9.55 Å². The quantitative estimate of drug-likeness (QED) is 0.877. The molecule has 1 heterocycles. The first kappa shape index (κ1) is 13.2. The highest BCUT2D eigenvalue weighted by Gasteiger charge is 2.20. The molecule has 0 radical (unpaired) electrons. The van der Waals surface area contributed by atoms with Crippen molar-refractivity contribution in [1.29, 1.82) is 0 Å². The van der Waals surface area contributed by atoms with Crippen LogP contribution in [0.25, 0.3) is 0 Å². The van der Waals surface area contributed by atoms with Crippen LogP contribution in [0.15, 0.2) is 24.4 Å². The summed E-state index contributed by atoms with van der Waals surface area (Å²) in [6.45, 7) is 6.36. The fourth-order valence-electron chi connectivity index (χ4n) is 3.19. The molecule has 0 aliphatic heterocycles. The molecule has 1 fully saturated rings. The molecule has 1 saturated carbocycles. The van der Waals surface area contributed by atoms with Gasteiger partial charge < -0.3 is 9.88 Å². The molecule has 0 bridgehead atoms. The highest BCUT2D eigenvalue weighted by atomic mass is 15.2. The number of nitrogens with zero attached hydrogens (tertiary/aromatic N) is 2. The normalized spacial score (nSPS) is 15.8. The number of para-hydroxylation sites is 1. The summed E-state index contributed by atoms with van der Waals surface area (Å²) in [6, 6.07) is 7.00. The zero-order valence-electron chi connectivity index (χ0n) is 12.6. The number of nitrogens with one attached hydrogen (secondary N) is 1. The first-order valence-corrected chi connectivity index (χ1v) is 7.54. The monoisotopic (exact) mass is 269 g/mol. The molecule has 1 N–H and O–H groups in total. The van der Waals surface area contributed by atoms with E-state index in [1.165, 1.54) is 42.5 Å². The van der Waals surface area contributed by atoms with E-state index in [1.807, 2.05) is 0 Å². The third-order valence-corrected chi connectivity index (χ3v) is 4.29. The van der Waals surface area contributed by atoms with Gasteiger partial charge in [0.15, 0.2) is 0 Å². The van der Waals surface area contributed by atoms with Crippen molar-refractivity contribution < 1.29 is 0 Å². The van der Waals surface area contributed by atoms with Gasteiger partial charge in [0.05, 0.1) is 5.69 Å². The largest absolute Gasteiger partial charge is 0.325 e. The van der Waals surface area contributed by atoms with E-state index in [1.54, 1.807) is 0 Å². The minimum absolute atomic E-state index is 0.614. The highest BCUT2D eigenvalue weighted by Crippen LogP contribution is 2.33. The molecule has 3 rings (SSSR count). The van der Waals surface area contributed by atoms with E-state index >= 15 is 0 Å². The van der Waals surface area contributed by atoms with E-state index in [-0.39, 0.29) is 0 Å². The smallest absolute Gasteiger partial charge is 0.207 e. The van der Waals surface area contributed by atoms with Crippen molar-refractivity contribution in [3.05, 3.63) is 41.2 Å². The van der Waals surface area contributed by atoms with Crippen LogP contribution >= 0.6 is 0 Å². The molecule has 0 unspecified atom stereocenters. The molecule has 20 heavy (non-hydrogen) atoms. The van der Waals surface area contributed by atoms with E-state index in [0.29, 0.717) is 6.04 Å². The Morgan fingerprint density at radius 3 is 2.40 bits per heavy atom. The summed E-state index contributed by atoms with van der Waals surface area (Å²) in [6.07, 6.45) is 7.41. The molecule has 0 spiro atoms. The van der Waals surface area contributed by atoms with Gasteiger partial charge in [-0.2, -0.15) is 0 Å². The van der Waals surface area contributed by atoms with Gasteiger partial charge in [-0.05, 0) is 44.7 Å². The van der Waals surface area contributed by atoms with Gasteiger partial charge in [0.1, 0.15) is 0 Å². The number of hydrogen-bond acceptors (Lipinski definition) is 2. The maximum Gasteiger partial charge on any atom is 0.207 e. The summed E-state index contributed by atoms with van der Waals surface area (Å²) in [5.74, 6) is 0.992. The van der Waals surface area contributed by atoms with Crippen molar-refractivity contribution >= 4 is 11.6 Å². The average molecular weight is 269 g/mol. The van der Waals surface area contributed by atoms with Gasteiger partial charge in [0.25, 0.3) is 0 Å². The first-order chi connectivity index (χ1) is 9.65. The van der Waals surface area contributed by atoms with Crippen LogP contribution in [0, 0.1) is 20.8 Å². The van der Waals surface area contributed by atoms with Gasteiger partial charge in [-0.15, -0.1) is 0 Å². The molecule has 3 nitrogen and oxygen atoms in total. The molecule has 1 aromatic heterocycles. The average Bonchev–Trinajstić information content (AvgIpc) is 3.03. The molecule has 0 amide bonds. The molecule has 3 heteroatoms. The van der Waals surface area contributed by atoms with Crippen LogP contribution in [0.3, 0.4) is 0 Å². The minimum Gasteiger partial charge on any atom is -0.325 e. The lowest BCUT2D eigenvalue weighted by Gasteiger charge is -2.17. The van der Waals surface area contributed by atoms with Crippen molar-refractivity contribution in [2.45, 2.75) is 52.5 Å². The summed E-state index contributed by atoms with van der Waals surface area (Å²) in [5, 5.41) is 3.56. The van der Waals surface area contributed by atoms with Gasteiger partial charge in [0, 0.05) is 17.9 Å². The predicted octanol–water partition coefficient (Wildman–Crippen LogP) is 4.67. The van der Waals surface area contributed by atoms with Crippen LogP contribution in [0.1, 0.15) is 48.5 Å². The molecule has 0 saturated heterocycles. The van der Waals surface area contributed by atoms with Crippen molar-refractivity contribution in [3.8, 4) is 0 Å². The number of aryl methyl sites for hydroxylation is 3. The van der Waals surface area contributed by atoms with Crippen LogP contribution in [0.5, 0.6) is 0 Å². The second kappa shape index (κ2) is 5.31. The Kier molecular flexibility index (Phi) is 3.51. The number of rotatable bonds is 3. The maximum atomic E-state index is 4.68. The lowest BCUT2D eigenvalue weighted by molar-refractivity contribution is 0.524. The molecule has 1 aliphatic carbocycles. The Bertz CT molecular complexity index is 586. The van der Waals surface area contributed by atoms with E-state index in [4.69, 9.17) is 0 Å². The second-order valence-corrected chi connectivity index (χ2v) is 5.94. The van der Waals surface area contributed by atoms with Gasteiger partial charge in [0.2, 0.25) is 5.95 Å². The fourth-order valence-corrected chi connectivity index (χ4v) is 3.19. The van der Waals surface area contributed by atoms with Crippen LogP contribution in [0.2, 0.25) is 0 Å². The van der Waals surface area contributed by atoms with E-state index < -0.39 is 0 Å². The standard InChI is InChI=1S/C17H23N3/c1-12-7-6-8-13(2)16(12)19-17-18-14(3)11-20(17)15-9-4-5-10-15/h6-8,11,15H,4-5,9-10H2,1-3H3,(H,18,19). The molecule has 1 aromatic carbocycles. The molecular formula is C17H23N3. The molecule has 106 valence electrons.